The van der Waals surface area contributed by atoms with Crippen molar-refractivity contribution >= 4 is 11.9 Å². The van der Waals surface area contributed by atoms with Crippen molar-refractivity contribution in [3.8, 4) is 0 Å². The third-order valence-electron chi connectivity index (χ3n) is 5.27. The minimum absolute atomic E-state index is 0.0487. The van der Waals surface area contributed by atoms with Crippen LogP contribution in [0.2, 0.25) is 0 Å². The van der Waals surface area contributed by atoms with Gasteiger partial charge >= 0.3 is 0 Å². The number of aliphatic imine (C=N–C) groups is 1. The molecule has 2 rings (SSSR count). The predicted molar refractivity (Wildman–Crippen MR) is 95.6 cm³/mol. The number of likely N-dealkylation sites (N-methyl/N-ethyl adjacent to an activating group) is 1. The topological polar surface area (TPSA) is 56.7 Å². The van der Waals surface area contributed by atoms with E-state index in [1.165, 1.54) is 57.8 Å². The highest BCUT2D eigenvalue weighted by Gasteiger charge is 2.23. The van der Waals surface area contributed by atoms with E-state index in [9.17, 15) is 4.79 Å². The second-order valence-corrected chi connectivity index (χ2v) is 7.36. The van der Waals surface area contributed by atoms with Gasteiger partial charge in [-0.3, -0.25) is 4.79 Å². The summed E-state index contributed by atoms with van der Waals surface area (Å²) in [7, 11) is 3.56. The molecule has 2 atom stereocenters. The number of carbonyl (C=O) groups is 1. The van der Waals surface area contributed by atoms with Gasteiger partial charge in [0, 0.05) is 26.2 Å². The van der Waals surface area contributed by atoms with Gasteiger partial charge < -0.3 is 15.5 Å². The maximum Gasteiger partial charge on any atom is 0.243 e. The Morgan fingerprint density at radius 3 is 2.35 bits per heavy atom. The Bertz CT molecular complexity index is 402. The monoisotopic (exact) mass is 322 g/mol. The molecule has 0 aliphatic heterocycles. The number of guanidine groups is 1. The molecule has 2 N–H and O–H groups in total. The summed E-state index contributed by atoms with van der Waals surface area (Å²) < 4.78 is 0. The minimum atomic E-state index is 0.0487. The van der Waals surface area contributed by atoms with Crippen LogP contribution >= 0.6 is 0 Å². The molecule has 2 saturated carbocycles. The summed E-state index contributed by atoms with van der Waals surface area (Å²) in [6, 6.07) is 1.01. The van der Waals surface area contributed by atoms with E-state index in [0.29, 0.717) is 12.1 Å². The third kappa shape index (κ3) is 6.04. The maximum atomic E-state index is 11.8. The second-order valence-electron chi connectivity index (χ2n) is 7.36. The summed E-state index contributed by atoms with van der Waals surface area (Å²) >= 11 is 0. The lowest BCUT2D eigenvalue weighted by Gasteiger charge is -2.31. The molecule has 2 unspecified atom stereocenters. The molecule has 1 amide bonds. The molecule has 2 aliphatic carbocycles. The van der Waals surface area contributed by atoms with Crippen LogP contribution in [0.25, 0.3) is 0 Å². The Labute approximate surface area is 141 Å². The Morgan fingerprint density at radius 2 is 1.70 bits per heavy atom. The minimum Gasteiger partial charge on any atom is -0.354 e. The lowest BCUT2D eigenvalue weighted by molar-refractivity contribution is -0.127. The fourth-order valence-corrected chi connectivity index (χ4v) is 3.67. The van der Waals surface area contributed by atoms with Gasteiger partial charge in [0.15, 0.2) is 5.96 Å². The SMILES string of the molecule is CCC1CCCC(NC(=NCC(=O)N(C)C)NC2CCCC2)C1. The zero-order valence-corrected chi connectivity index (χ0v) is 15.1. The summed E-state index contributed by atoms with van der Waals surface area (Å²) in [6.45, 7) is 2.51. The number of amides is 1. The van der Waals surface area contributed by atoms with Gasteiger partial charge in [0.05, 0.1) is 0 Å². The normalized spacial score (nSPS) is 26.1. The Morgan fingerprint density at radius 1 is 1.04 bits per heavy atom. The Balaban J connectivity index is 1.94. The molecule has 0 bridgehead atoms. The molecule has 0 saturated heterocycles. The van der Waals surface area contributed by atoms with Gasteiger partial charge in [-0.25, -0.2) is 4.99 Å². The van der Waals surface area contributed by atoms with Gasteiger partial charge in [-0.05, 0) is 31.6 Å². The average molecular weight is 322 g/mol. The molecular formula is C18H34N4O. The van der Waals surface area contributed by atoms with E-state index < -0.39 is 0 Å². The Hall–Kier alpha value is -1.26. The molecule has 0 aromatic heterocycles. The van der Waals surface area contributed by atoms with E-state index in [-0.39, 0.29) is 12.5 Å². The lowest BCUT2D eigenvalue weighted by Crippen LogP contribution is -2.48. The summed E-state index contributed by atoms with van der Waals surface area (Å²) in [5.74, 6) is 1.72. The van der Waals surface area contributed by atoms with E-state index in [1.807, 2.05) is 0 Å². The molecule has 132 valence electrons. The van der Waals surface area contributed by atoms with Gasteiger partial charge in [0.1, 0.15) is 6.54 Å². The molecule has 5 heteroatoms. The van der Waals surface area contributed by atoms with Crippen molar-refractivity contribution in [2.45, 2.75) is 76.8 Å². The van der Waals surface area contributed by atoms with Crippen LogP contribution in [0.1, 0.15) is 64.7 Å². The van der Waals surface area contributed by atoms with Crippen molar-refractivity contribution in [3.63, 3.8) is 0 Å². The predicted octanol–water partition coefficient (Wildman–Crippen LogP) is 2.52. The van der Waals surface area contributed by atoms with Crippen molar-refractivity contribution in [2.24, 2.45) is 10.9 Å². The zero-order chi connectivity index (χ0) is 16.7. The Kier molecular flexibility index (Phi) is 7.18. The molecule has 2 fully saturated rings. The van der Waals surface area contributed by atoms with E-state index in [2.05, 4.69) is 22.5 Å². The number of nitrogens with zero attached hydrogens (tertiary/aromatic N) is 2. The first-order valence-electron chi connectivity index (χ1n) is 9.36. The fourth-order valence-electron chi connectivity index (χ4n) is 3.67. The van der Waals surface area contributed by atoms with Crippen LogP contribution in [0.4, 0.5) is 0 Å². The number of carbonyl (C=O) groups excluding carboxylic acids is 1. The summed E-state index contributed by atoms with van der Waals surface area (Å²) in [5.41, 5.74) is 0. The molecule has 2 aliphatic rings. The first kappa shape index (κ1) is 18.1. The molecule has 0 aromatic carbocycles. The molecule has 23 heavy (non-hydrogen) atoms. The van der Waals surface area contributed by atoms with E-state index in [1.54, 1.807) is 19.0 Å². The van der Waals surface area contributed by atoms with Crippen LogP contribution in [0.15, 0.2) is 4.99 Å². The molecule has 5 nitrogen and oxygen atoms in total. The van der Waals surface area contributed by atoms with E-state index in [4.69, 9.17) is 0 Å². The fraction of sp³-hybridized carbons (Fsp3) is 0.889. The van der Waals surface area contributed by atoms with Crippen molar-refractivity contribution < 1.29 is 4.79 Å². The van der Waals surface area contributed by atoms with Crippen molar-refractivity contribution in [3.05, 3.63) is 0 Å². The van der Waals surface area contributed by atoms with Gasteiger partial charge in [-0.15, -0.1) is 0 Å². The molecule has 0 heterocycles. The van der Waals surface area contributed by atoms with Crippen LogP contribution < -0.4 is 10.6 Å². The van der Waals surface area contributed by atoms with E-state index in [0.717, 1.165) is 11.9 Å². The largest absolute Gasteiger partial charge is 0.354 e. The number of rotatable bonds is 5. The van der Waals surface area contributed by atoms with Crippen LogP contribution in [-0.4, -0.2) is 49.5 Å². The highest BCUT2D eigenvalue weighted by atomic mass is 16.2. The smallest absolute Gasteiger partial charge is 0.243 e. The van der Waals surface area contributed by atoms with Gasteiger partial charge in [0.2, 0.25) is 5.91 Å². The third-order valence-corrected chi connectivity index (χ3v) is 5.27. The van der Waals surface area contributed by atoms with Crippen LogP contribution in [0.3, 0.4) is 0 Å². The second kappa shape index (κ2) is 9.14. The highest BCUT2D eigenvalue weighted by Crippen LogP contribution is 2.26. The molecule has 0 radical (unpaired) electrons. The van der Waals surface area contributed by atoms with Crippen LogP contribution in [-0.2, 0) is 4.79 Å². The average Bonchev–Trinajstić information content (AvgIpc) is 3.05. The van der Waals surface area contributed by atoms with Crippen LogP contribution in [0, 0.1) is 5.92 Å². The quantitative estimate of drug-likeness (QED) is 0.604. The maximum absolute atomic E-state index is 11.8. The number of hydrogen-bond donors (Lipinski definition) is 2. The zero-order valence-electron chi connectivity index (χ0n) is 15.1. The van der Waals surface area contributed by atoms with Crippen molar-refractivity contribution in [1.82, 2.24) is 15.5 Å². The lowest BCUT2D eigenvalue weighted by atomic mass is 9.84. The number of nitrogens with one attached hydrogen (secondary N) is 2. The summed E-state index contributed by atoms with van der Waals surface area (Å²) in [5, 5.41) is 7.17. The van der Waals surface area contributed by atoms with Gasteiger partial charge in [-0.1, -0.05) is 39.0 Å². The van der Waals surface area contributed by atoms with Crippen molar-refractivity contribution in [1.29, 1.82) is 0 Å². The first-order valence-corrected chi connectivity index (χ1v) is 9.36. The van der Waals surface area contributed by atoms with Crippen molar-refractivity contribution in [2.75, 3.05) is 20.6 Å². The highest BCUT2D eigenvalue weighted by molar-refractivity contribution is 5.85. The standard InChI is InChI=1S/C18H34N4O/c1-4-14-8-7-11-16(12-14)21-18(19-13-17(23)22(2)3)20-15-9-5-6-10-15/h14-16H,4-13H2,1-3H3,(H2,19,20,21). The first-order chi connectivity index (χ1) is 11.1. The molecule has 0 spiro atoms. The van der Waals surface area contributed by atoms with E-state index >= 15 is 0 Å². The van der Waals surface area contributed by atoms with Gasteiger partial charge in [0.25, 0.3) is 0 Å². The molecule has 0 aromatic rings. The van der Waals surface area contributed by atoms with Crippen LogP contribution in [0.5, 0.6) is 0 Å². The van der Waals surface area contributed by atoms with Gasteiger partial charge in [-0.2, -0.15) is 0 Å². The number of hydrogen-bond acceptors (Lipinski definition) is 2. The molecular weight excluding hydrogens is 288 g/mol. The summed E-state index contributed by atoms with van der Waals surface area (Å²) in [4.78, 5) is 18.0. The summed E-state index contributed by atoms with van der Waals surface area (Å²) in [6.07, 6.45) is 11.4.